The maximum Gasteiger partial charge on any atom is 0.241 e. The first-order valence-electron chi connectivity index (χ1n) is 7.57. The van der Waals surface area contributed by atoms with Crippen LogP contribution in [0.4, 0.5) is 5.69 Å². The molecule has 0 aromatic heterocycles. The van der Waals surface area contributed by atoms with Gasteiger partial charge in [-0.05, 0) is 44.7 Å². The third-order valence-corrected chi connectivity index (χ3v) is 3.59. The van der Waals surface area contributed by atoms with E-state index < -0.39 is 0 Å². The van der Waals surface area contributed by atoms with Gasteiger partial charge in [0.2, 0.25) is 5.91 Å². The molecule has 0 saturated heterocycles. The van der Waals surface area contributed by atoms with E-state index in [1.54, 1.807) is 0 Å². The maximum atomic E-state index is 12.2. The highest BCUT2D eigenvalue weighted by Crippen LogP contribution is 2.26. The lowest BCUT2D eigenvalue weighted by molar-refractivity contribution is -0.116. The molecule has 21 heavy (non-hydrogen) atoms. The van der Waals surface area contributed by atoms with Gasteiger partial charge < -0.3 is 9.64 Å². The molecule has 0 bridgehead atoms. The standard InChI is InChI=1S/C17H26ClNO2/c1-5-15-9-6-8-14(4)17(15)19(16(20)12-18)10-7-11-21-13(2)3/h6,8-9,13H,5,7,10-12H2,1-4H3. The lowest BCUT2D eigenvalue weighted by atomic mass is 10.0. The Morgan fingerprint density at radius 1 is 1.38 bits per heavy atom. The minimum absolute atomic E-state index is 0.00251. The summed E-state index contributed by atoms with van der Waals surface area (Å²) < 4.78 is 5.56. The zero-order valence-electron chi connectivity index (χ0n) is 13.5. The van der Waals surface area contributed by atoms with Crippen molar-refractivity contribution >= 4 is 23.2 Å². The van der Waals surface area contributed by atoms with Gasteiger partial charge in [0.05, 0.1) is 6.10 Å². The lowest BCUT2D eigenvalue weighted by Gasteiger charge is -2.26. The summed E-state index contributed by atoms with van der Waals surface area (Å²) in [4.78, 5) is 14.0. The van der Waals surface area contributed by atoms with Crippen molar-refractivity contribution in [3.63, 3.8) is 0 Å². The first kappa shape index (κ1) is 18.0. The Hall–Kier alpha value is -1.06. The summed E-state index contributed by atoms with van der Waals surface area (Å²) in [6.07, 6.45) is 1.91. The largest absolute Gasteiger partial charge is 0.379 e. The SMILES string of the molecule is CCc1cccc(C)c1N(CCCOC(C)C)C(=O)CCl. The van der Waals surface area contributed by atoms with E-state index in [9.17, 15) is 4.79 Å². The molecule has 3 nitrogen and oxygen atoms in total. The minimum Gasteiger partial charge on any atom is -0.379 e. The van der Waals surface area contributed by atoms with Crippen molar-refractivity contribution in [1.29, 1.82) is 0 Å². The highest BCUT2D eigenvalue weighted by Gasteiger charge is 2.19. The second kappa shape index (κ2) is 9.06. The van der Waals surface area contributed by atoms with Crippen LogP contribution in [0.2, 0.25) is 0 Å². The molecule has 1 aromatic carbocycles. The van der Waals surface area contributed by atoms with Crippen molar-refractivity contribution in [2.75, 3.05) is 23.9 Å². The quantitative estimate of drug-likeness (QED) is 0.537. The molecule has 0 atom stereocenters. The van der Waals surface area contributed by atoms with Crippen molar-refractivity contribution in [2.45, 2.75) is 46.6 Å². The van der Waals surface area contributed by atoms with Crippen molar-refractivity contribution < 1.29 is 9.53 Å². The average molecular weight is 312 g/mol. The summed E-state index contributed by atoms with van der Waals surface area (Å²) >= 11 is 5.79. The van der Waals surface area contributed by atoms with Gasteiger partial charge in [-0.2, -0.15) is 0 Å². The highest BCUT2D eigenvalue weighted by atomic mass is 35.5. The number of alkyl halides is 1. The fourth-order valence-corrected chi connectivity index (χ4v) is 2.51. The molecule has 1 amide bonds. The summed E-state index contributed by atoms with van der Waals surface area (Å²) in [5, 5.41) is 0. The van der Waals surface area contributed by atoms with Crippen LogP contribution in [0.25, 0.3) is 0 Å². The van der Waals surface area contributed by atoms with E-state index in [0.29, 0.717) is 13.2 Å². The van der Waals surface area contributed by atoms with E-state index in [1.165, 1.54) is 5.56 Å². The van der Waals surface area contributed by atoms with Gasteiger partial charge in [0.15, 0.2) is 0 Å². The van der Waals surface area contributed by atoms with E-state index in [-0.39, 0.29) is 17.9 Å². The van der Waals surface area contributed by atoms with Crippen LogP contribution in [-0.2, 0) is 16.0 Å². The molecule has 0 radical (unpaired) electrons. The predicted molar refractivity (Wildman–Crippen MR) is 89.3 cm³/mol. The zero-order chi connectivity index (χ0) is 15.8. The van der Waals surface area contributed by atoms with E-state index in [4.69, 9.17) is 16.3 Å². The first-order chi connectivity index (χ1) is 10.0. The third kappa shape index (κ3) is 5.33. The molecule has 4 heteroatoms. The summed E-state index contributed by atoms with van der Waals surface area (Å²) in [6.45, 7) is 9.45. The number of carbonyl (C=O) groups excluding carboxylic acids is 1. The summed E-state index contributed by atoms with van der Waals surface area (Å²) in [6, 6.07) is 6.14. The van der Waals surface area contributed by atoms with Crippen LogP contribution in [0.5, 0.6) is 0 Å². The van der Waals surface area contributed by atoms with Gasteiger partial charge in [-0.3, -0.25) is 4.79 Å². The molecule has 1 aromatic rings. The number of ether oxygens (including phenoxy) is 1. The number of para-hydroxylation sites is 1. The number of nitrogens with zero attached hydrogens (tertiary/aromatic N) is 1. The van der Waals surface area contributed by atoms with Crippen LogP contribution in [0.3, 0.4) is 0 Å². The Bertz CT molecular complexity index is 460. The summed E-state index contributed by atoms with van der Waals surface area (Å²) in [5.41, 5.74) is 3.30. The lowest BCUT2D eigenvalue weighted by Crippen LogP contribution is -2.35. The van der Waals surface area contributed by atoms with Gasteiger partial charge in [0, 0.05) is 18.8 Å². The Labute approximate surface area is 133 Å². The van der Waals surface area contributed by atoms with Crippen LogP contribution in [-0.4, -0.2) is 31.0 Å². The fourth-order valence-electron chi connectivity index (χ4n) is 2.37. The van der Waals surface area contributed by atoms with Crippen molar-refractivity contribution in [1.82, 2.24) is 0 Å². The maximum absolute atomic E-state index is 12.2. The molecule has 0 aliphatic heterocycles. The molecular formula is C17H26ClNO2. The van der Waals surface area contributed by atoms with Gasteiger partial charge in [-0.25, -0.2) is 0 Å². The van der Waals surface area contributed by atoms with Gasteiger partial charge in [0.25, 0.3) is 0 Å². The van der Waals surface area contributed by atoms with Gasteiger partial charge >= 0.3 is 0 Å². The Morgan fingerprint density at radius 2 is 2.10 bits per heavy atom. The number of amides is 1. The molecule has 0 unspecified atom stereocenters. The number of hydrogen-bond acceptors (Lipinski definition) is 2. The Balaban J connectivity index is 2.90. The molecule has 118 valence electrons. The second-order valence-electron chi connectivity index (χ2n) is 5.39. The van der Waals surface area contributed by atoms with E-state index >= 15 is 0 Å². The van der Waals surface area contributed by atoms with Crippen molar-refractivity contribution in [2.24, 2.45) is 0 Å². The zero-order valence-corrected chi connectivity index (χ0v) is 14.2. The van der Waals surface area contributed by atoms with E-state index in [1.807, 2.05) is 37.8 Å². The molecule has 0 fully saturated rings. The van der Waals surface area contributed by atoms with Crippen molar-refractivity contribution in [3.8, 4) is 0 Å². The number of anilines is 1. The number of halogens is 1. The Morgan fingerprint density at radius 3 is 2.67 bits per heavy atom. The predicted octanol–water partition coefficient (Wildman–Crippen LogP) is 3.94. The molecule has 0 spiro atoms. The number of benzene rings is 1. The van der Waals surface area contributed by atoms with E-state index in [2.05, 4.69) is 13.0 Å². The number of rotatable bonds is 8. The summed E-state index contributed by atoms with van der Waals surface area (Å²) in [7, 11) is 0. The van der Waals surface area contributed by atoms with Gasteiger partial charge in [-0.15, -0.1) is 11.6 Å². The molecule has 0 heterocycles. The van der Waals surface area contributed by atoms with Gasteiger partial charge in [0.1, 0.15) is 5.88 Å². The van der Waals surface area contributed by atoms with Crippen LogP contribution in [0, 0.1) is 6.92 Å². The smallest absolute Gasteiger partial charge is 0.241 e. The average Bonchev–Trinajstić information content (AvgIpc) is 2.47. The summed E-state index contributed by atoms with van der Waals surface area (Å²) in [5.74, 6) is -0.0482. The van der Waals surface area contributed by atoms with Gasteiger partial charge in [-0.1, -0.05) is 25.1 Å². The Kier molecular flexibility index (Phi) is 7.76. The molecule has 0 N–H and O–H groups in total. The van der Waals surface area contributed by atoms with Crippen LogP contribution >= 0.6 is 11.6 Å². The first-order valence-corrected chi connectivity index (χ1v) is 8.11. The van der Waals surface area contributed by atoms with Crippen LogP contribution in [0.1, 0.15) is 38.3 Å². The van der Waals surface area contributed by atoms with Crippen LogP contribution in [0.15, 0.2) is 18.2 Å². The molecule has 1 rings (SSSR count). The van der Waals surface area contributed by atoms with Crippen LogP contribution < -0.4 is 4.90 Å². The number of aryl methyl sites for hydroxylation is 2. The monoisotopic (exact) mass is 311 g/mol. The second-order valence-corrected chi connectivity index (χ2v) is 5.66. The molecule has 0 aliphatic carbocycles. The number of carbonyl (C=O) groups is 1. The topological polar surface area (TPSA) is 29.5 Å². The number of hydrogen-bond donors (Lipinski definition) is 0. The highest BCUT2D eigenvalue weighted by molar-refractivity contribution is 6.29. The van der Waals surface area contributed by atoms with E-state index in [0.717, 1.165) is 24.1 Å². The molecule has 0 aliphatic rings. The molecular weight excluding hydrogens is 286 g/mol. The third-order valence-electron chi connectivity index (χ3n) is 3.36. The molecule has 0 saturated carbocycles. The normalized spacial score (nSPS) is 11.0. The van der Waals surface area contributed by atoms with Crippen molar-refractivity contribution in [3.05, 3.63) is 29.3 Å². The minimum atomic E-state index is -0.0507. The fraction of sp³-hybridized carbons (Fsp3) is 0.588.